The third-order valence-electron chi connectivity index (χ3n) is 2.54. The normalized spacial score (nSPS) is 11.2. The zero-order valence-corrected chi connectivity index (χ0v) is 10.3. The Morgan fingerprint density at radius 2 is 1.90 bits per heavy atom. The van der Waals surface area contributed by atoms with Gasteiger partial charge in [-0.3, -0.25) is 0 Å². The van der Waals surface area contributed by atoms with E-state index in [0.717, 1.165) is 12.3 Å². The van der Waals surface area contributed by atoms with Crippen LogP contribution in [0.1, 0.15) is 5.56 Å². The zero-order chi connectivity index (χ0) is 15.6. The van der Waals surface area contributed by atoms with Crippen LogP contribution in [0.3, 0.4) is 0 Å². The van der Waals surface area contributed by atoms with E-state index < -0.39 is 23.7 Å². The SMILES string of the molecule is NC(=O)Oc1cc(-c2cc(C(F)(F)F)ccc2F)ccn1. The van der Waals surface area contributed by atoms with E-state index in [1.807, 2.05) is 0 Å². The second-order valence-electron chi connectivity index (χ2n) is 4.00. The fraction of sp³-hybridized carbons (Fsp3) is 0.0769. The van der Waals surface area contributed by atoms with Gasteiger partial charge in [-0.05, 0) is 29.8 Å². The lowest BCUT2D eigenvalue weighted by Crippen LogP contribution is -2.16. The average molecular weight is 300 g/mol. The number of alkyl halides is 3. The Balaban J connectivity index is 2.48. The van der Waals surface area contributed by atoms with E-state index in [2.05, 4.69) is 9.72 Å². The van der Waals surface area contributed by atoms with E-state index in [-0.39, 0.29) is 17.0 Å². The van der Waals surface area contributed by atoms with Gasteiger partial charge in [0.2, 0.25) is 5.88 Å². The number of halogens is 4. The number of primary amides is 1. The molecule has 0 aliphatic carbocycles. The smallest absolute Gasteiger partial charge is 0.391 e. The van der Waals surface area contributed by atoms with Crippen LogP contribution in [-0.4, -0.2) is 11.1 Å². The molecule has 0 radical (unpaired) electrons. The molecule has 0 saturated carbocycles. The summed E-state index contributed by atoms with van der Waals surface area (Å²) in [6.07, 6.45) is -4.57. The first kappa shape index (κ1) is 14.8. The molecule has 1 aromatic heterocycles. The van der Waals surface area contributed by atoms with Gasteiger partial charge in [-0.2, -0.15) is 13.2 Å². The summed E-state index contributed by atoms with van der Waals surface area (Å²) in [6.45, 7) is 0. The standard InChI is InChI=1S/C13H8F4N2O2/c14-10-2-1-8(13(15,16)17)6-9(10)7-3-4-19-11(5-7)21-12(18)20/h1-6H,(H2,18,20). The number of hydrogen-bond donors (Lipinski definition) is 1. The lowest BCUT2D eigenvalue weighted by molar-refractivity contribution is -0.137. The van der Waals surface area contributed by atoms with Gasteiger partial charge in [0.1, 0.15) is 5.82 Å². The predicted molar refractivity (Wildman–Crippen MR) is 64.8 cm³/mol. The molecule has 0 saturated heterocycles. The summed E-state index contributed by atoms with van der Waals surface area (Å²) >= 11 is 0. The van der Waals surface area contributed by atoms with Crippen LogP contribution >= 0.6 is 0 Å². The van der Waals surface area contributed by atoms with E-state index >= 15 is 0 Å². The molecular weight excluding hydrogens is 292 g/mol. The molecule has 21 heavy (non-hydrogen) atoms. The highest BCUT2D eigenvalue weighted by molar-refractivity contribution is 5.70. The number of amides is 1. The van der Waals surface area contributed by atoms with Crippen molar-refractivity contribution in [3.05, 3.63) is 47.9 Å². The largest absolute Gasteiger partial charge is 0.416 e. The lowest BCUT2D eigenvalue weighted by atomic mass is 10.0. The van der Waals surface area contributed by atoms with Crippen LogP contribution in [0.15, 0.2) is 36.5 Å². The first-order valence-electron chi connectivity index (χ1n) is 5.58. The van der Waals surface area contributed by atoms with Crippen molar-refractivity contribution in [3.8, 4) is 17.0 Å². The zero-order valence-electron chi connectivity index (χ0n) is 10.3. The maximum Gasteiger partial charge on any atom is 0.416 e. The molecule has 0 bridgehead atoms. The Hall–Kier alpha value is -2.64. The molecule has 0 fully saturated rings. The minimum atomic E-state index is -4.60. The van der Waals surface area contributed by atoms with Crippen molar-refractivity contribution in [3.63, 3.8) is 0 Å². The van der Waals surface area contributed by atoms with Crippen LogP contribution in [0.2, 0.25) is 0 Å². The average Bonchev–Trinajstić information content (AvgIpc) is 2.37. The lowest BCUT2D eigenvalue weighted by Gasteiger charge is -2.10. The molecule has 1 amide bonds. The molecule has 2 aromatic rings. The van der Waals surface area contributed by atoms with Gasteiger partial charge < -0.3 is 10.5 Å². The van der Waals surface area contributed by atoms with Crippen LogP contribution in [-0.2, 0) is 6.18 Å². The molecule has 0 atom stereocenters. The van der Waals surface area contributed by atoms with Gasteiger partial charge in [-0.25, -0.2) is 14.2 Å². The van der Waals surface area contributed by atoms with E-state index in [1.54, 1.807) is 0 Å². The molecular formula is C13H8F4N2O2. The van der Waals surface area contributed by atoms with Gasteiger partial charge in [0.25, 0.3) is 0 Å². The first-order valence-corrected chi connectivity index (χ1v) is 5.58. The molecule has 1 heterocycles. The fourth-order valence-electron chi connectivity index (χ4n) is 1.66. The number of ether oxygens (including phenoxy) is 1. The number of carbonyl (C=O) groups excluding carboxylic acids is 1. The fourth-order valence-corrected chi connectivity index (χ4v) is 1.66. The molecule has 110 valence electrons. The topological polar surface area (TPSA) is 65.2 Å². The maximum atomic E-state index is 13.7. The Morgan fingerprint density at radius 1 is 1.19 bits per heavy atom. The number of nitrogens with zero attached hydrogens (tertiary/aromatic N) is 1. The molecule has 2 rings (SSSR count). The van der Waals surface area contributed by atoms with Crippen molar-refractivity contribution < 1.29 is 27.1 Å². The summed E-state index contributed by atoms with van der Waals surface area (Å²) < 4.78 is 56.2. The summed E-state index contributed by atoms with van der Waals surface area (Å²) in [5.74, 6) is -1.09. The van der Waals surface area contributed by atoms with Gasteiger partial charge in [0.05, 0.1) is 5.56 Å². The molecule has 4 nitrogen and oxygen atoms in total. The van der Waals surface area contributed by atoms with Gasteiger partial charge in [-0.15, -0.1) is 0 Å². The van der Waals surface area contributed by atoms with Gasteiger partial charge in [0.15, 0.2) is 0 Å². The van der Waals surface area contributed by atoms with Gasteiger partial charge in [-0.1, -0.05) is 0 Å². The van der Waals surface area contributed by atoms with E-state index in [4.69, 9.17) is 5.73 Å². The molecule has 0 spiro atoms. The molecule has 8 heteroatoms. The molecule has 0 aliphatic rings. The van der Waals surface area contributed by atoms with Crippen LogP contribution in [0.4, 0.5) is 22.4 Å². The van der Waals surface area contributed by atoms with Crippen molar-refractivity contribution in [2.45, 2.75) is 6.18 Å². The summed E-state index contributed by atoms with van der Waals surface area (Å²) in [5, 5.41) is 0. The monoisotopic (exact) mass is 300 g/mol. The van der Waals surface area contributed by atoms with Crippen molar-refractivity contribution in [2.24, 2.45) is 5.73 Å². The summed E-state index contributed by atoms with van der Waals surface area (Å²) in [5.41, 5.74) is 3.59. The third kappa shape index (κ3) is 3.47. The minimum absolute atomic E-state index is 0.0739. The maximum absolute atomic E-state index is 13.7. The summed E-state index contributed by atoms with van der Waals surface area (Å²) in [4.78, 5) is 14.2. The van der Waals surface area contributed by atoms with Crippen LogP contribution in [0.5, 0.6) is 5.88 Å². The quantitative estimate of drug-likeness (QED) is 0.865. The second kappa shape index (κ2) is 5.39. The number of aromatic nitrogens is 1. The molecule has 2 N–H and O–H groups in total. The number of benzene rings is 1. The van der Waals surface area contributed by atoms with Crippen molar-refractivity contribution >= 4 is 6.09 Å². The number of nitrogens with two attached hydrogens (primary N) is 1. The Labute approximate surface area is 116 Å². The molecule has 0 aliphatic heterocycles. The van der Waals surface area contributed by atoms with Crippen molar-refractivity contribution in [2.75, 3.05) is 0 Å². The number of rotatable bonds is 2. The van der Waals surface area contributed by atoms with Gasteiger partial charge >= 0.3 is 12.3 Å². The van der Waals surface area contributed by atoms with Crippen molar-refractivity contribution in [1.82, 2.24) is 4.98 Å². The third-order valence-corrected chi connectivity index (χ3v) is 2.54. The Bertz CT molecular complexity index is 686. The highest BCUT2D eigenvalue weighted by Gasteiger charge is 2.31. The summed E-state index contributed by atoms with van der Waals surface area (Å²) in [7, 11) is 0. The van der Waals surface area contributed by atoms with E-state index in [0.29, 0.717) is 18.2 Å². The Morgan fingerprint density at radius 3 is 2.52 bits per heavy atom. The van der Waals surface area contributed by atoms with Crippen LogP contribution < -0.4 is 10.5 Å². The second-order valence-corrected chi connectivity index (χ2v) is 4.00. The van der Waals surface area contributed by atoms with Gasteiger partial charge in [0, 0.05) is 17.8 Å². The highest BCUT2D eigenvalue weighted by atomic mass is 19.4. The number of hydrogen-bond acceptors (Lipinski definition) is 3. The Kier molecular flexibility index (Phi) is 3.79. The summed E-state index contributed by atoms with van der Waals surface area (Å²) in [6, 6.07) is 4.42. The molecule has 1 aromatic carbocycles. The van der Waals surface area contributed by atoms with E-state index in [1.165, 1.54) is 6.07 Å². The van der Waals surface area contributed by atoms with Crippen LogP contribution in [0.25, 0.3) is 11.1 Å². The van der Waals surface area contributed by atoms with Crippen molar-refractivity contribution in [1.29, 1.82) is 0 Å². The van der Waals surface area contributed by atoms with E-state index in [9.17, 15) is 22.4 Å². The van der Waals surface area contributed by atoms with Crippen LogP contribution in [0, 0.1) is 5.82 Å². The number of pyridine rings is 1. The number of carbonyl (C=O) groups is 1. The first-order chi connectivity index (χ1) is 9.77. The minimum Gasteiger partial charge on any atom is -0.391 e. The predicted octanol–water partition coefficient (Wildman–Crippen LogP) is 3.36. The molecule has 0 unspecified atom stereocenters. The highest BCUT2D eigenvalue weighted by Crippen LogP contribution is 2.34.